The van der Waals surface area contributed by atoms with Crippen molar-refractivity contribution in [2.75, 3.05) is 6.54 Å². The Morgan fingerprint density at radius 2 is 1.55 bits per heavy atom. The van der Waals surface area contributed by atoms with Gasteiger partial charge < -0.3 is 5.32 Å². The van der Waals surface area contributed by atoms with Crippen LogP contribution in [0.3, 0.4) is 0 Å². The first-order chi connectivity index (χ1) is 14.8. The number of aryl methyl sites for hydroxylation is 1. The zero-order valence-electron chi connectivity index (χ0n) is 19.5. The fourth-order valence-corrected chi connectivity index (χ4v) is 4.20. The molecule has 0 aliphatic rings. The van der Waals surface area contributed by atoms with E-state index in [-0.39, 0.29) is 11.3 Å². The highest BCUT2D eigenvalue weighted by Crippen LogP contribution is 2.31. The van der Waals surface area contributed by atoms with Crippen molar-refractivity contribution in [1.82, 2.24) is 15.1 Å². The molecule has 164 valence electrons. The third-order valence-corrected chi connectivity index (χ3v) is 6.13. The number of aromatic nitrogens is 2. The maximum atomic E-state index is 12.8. The molecule has 0 aliphatic carbocycles. The molecule has 1 amide bonds. The van der Waals surface area contributed by atoms with E-state index in [1.165, 1.54) is 22.4 Å². The summed E-state index contributed by atoms with van der Waals surface area (Å²) in [6.45, 7) is 12.2. The molecule has 0 atom stereocenters. The average molecular weight is 418 g/mol. The van der Waals surface area contributed by atoms with Crippen molar-refractivity contribution < 1.29 is 4.79 Å². The van der Waals surface area contributed by atoms with Crippen molar-refractivity contribution in [3.8, 4) is 0 Å². The van der Waals surface area contributed by atoms with Gasteiger partial charge in [0.15, 0.2) is 0 Å². The molecule has 1 aromatic heterocycles. The fourth-order valence-electron chi connectivity index (χ4n) is 4.20. The highest BCUT2D eigenvalue weighted by molar-refractivity contribution is 5.76. The van der Waals surface area contributed by atoms with Crippen molar-refractivity contribution in [3.63, 3.8) is 0 Å². The van der Waals surface area contributed by atoms with E-state index < -0.39 is 0 Å². The average Bonchev–Trinajstić information content (AvgIpc) is 3.03. The monoisotopic (exact) mass is 417 g/mol. The molecule has 0 unspecified atom stereocenters. The summed E-state index contributed by atoms with van der Waals surface area (Å²) in [6, 6.07) is 20.8. The summed E-state index contributed by atoms with van der Waals surface area (Å²) in [5.41, 5.74) is 5.52. The molecular formula is C27H35N3O. The lowest BCUT2D eigenvalue weighted by molar-refractivity contribution is -0.121. The van der Waals surface area contributed by atoms with Crippen LogP contribution >= 0.6 is 0 Å². The summed E-state index contributed by atoms with van der Waals surface area (Å²) in [7, 11) is 0. The van der Waals surface area contributed by atoms with E-state index in [1.54, 1.807) is 0 Å². The van der Waals surface area contributed by atoms with Crippen molar-refractivity contribution in [2.45, 2.75) is 59.4 Å². The summed E-state index contributed by atoms with van der Waals surface area (Å²) in [5.74, 6) is 0.622. The molecule has 0 spiro atoms. The van der Waals surface area contributed by atoms with Crippen LogP contribution in [0.1, 0.15) is 55.3 Å². The maximum Gasteiger partial charge on any atom is 0.220 e. The lowest BCUT2D eigenvalue weighted by atomic mass is 9.76. The molecule has 0 saturated heterocycles. The molecule has 0 fully saturated rings. The van der Waals surface area contributed by atoms with Gasteiger partial charge in [-0.05, 0) is 49.8 Å². The van der Waals surface area contributed by atoms with Gasteiger partial charge in [0.2, 0.25) is 5.91 Å². The van der Waals surface area contributed by atoms with Crippen LogP contribution in [0.5, 0.6) is 0 Å². The molecule has 0 bridgehead atoms. The van der Waals surface area contributed by atoms with Gasteiger partial charge in [0, 0.05) is 30.6 Å². The Hall–Kier alpha value is -2.88. The molecule has 0 saturated carbocycles. The molecule has 3 rings (SSSR count). The van der Waals surface area contributed by atoms with E-state index in [4.69, 9.17) is 0 Å². The highest BCUT2D eigenvalue weighted by Gasteiger charge is 2.29. The number of nitrogens with one attached hydrogen (secondary N) is 1. The zero-order chi connectivity index (χ0) is 22.4. The smallest absolute Gasteiger partial charge is 0.220 e. The summed E-state index contributed by atoms with van der Waals surface area (Å²) in [6.07, 6.45) is 1.18. The van der Waals surface area contributed by atoms with E-state index in [2.05, 4.69) is 91.3 Å². The van der Waals surface area contributed by atoms with Gasteiger partial charge in [-0.1, -0.05) is 74.5 Å². The minimum atomic E-state index is -0.286. The van der Waals surface area contributed by atoms with Crippen LogP contribution in [-0.2, 0) is 23.2 Å². The first-order valence-corrected chi connectivity index (χ1v) is 11.2. The largest absolute Gasteiger partial charge is 0.355 e. The summed E-state index contributed by atoms with van der Waals surface area (Å²) in [4.78, 5) is 12.8. The van der Waals surface area contributed by atoms with Gasteiger partial charge in [0.25, 0.3) is 0 Å². The third-order valence-electron chi connectivity index (χ3n) is 6.13. The number of nitrogens with zero attached hydrogens (tertiary/aromatic N) is 2. The molecule has 1 heterocycles. The first-order valence-electron chi connectivity index (χ1n) is 11.2. The quantitative estimate of drug-likeness (QED) is 0.519. The second kappa shape index (κ2) is 9.95. The lowest BCUT2D eigenvalue weighted by Crippen LogP contribution is -2.39. The normalized spacial score (nSPS) is 11.7. The summed E-state index contributed by atoms with van der Waals surface area (Å²) < 4.78 is 2.08. The van der Waals surface area contributed by atoms with Crippen LogP contribution in [0.15, 0.2) is 60.7 Å². The molecule has 31 heavy (non-hydrogen) atoms. The Morgan fingerprint density at radius 1 is 1.00 bits per heavy atom. The minimum absolute atomic E-state index is 0.0773. The number of carbonyl (C=O) groups is 1. The van der Waals surface area contributed by atoms with Gasteiger partial charge in [0.05, 0.1) is 5.69 Å². The van der Waals surface area contributed by atoms with E-state index in [1.807, 2.05) is 19.1 Å². The third kappa shape index (κ3) is 5.43. The van der Waals surface area contributed by atoms with Crippen molar-refractivity contribution in [2.24, 2.45) is 5.92 Å². The Balaban J connectivity index is 1.68. The van der Waals surface area contributed by atoms with E-state index in [0.29, 0.717) is 18.9 Å². The summed E-state index contributed by atoms with van der Waals surface area (Å²) in [5, 5.41) is 7.88. The predicted octanol–water partition coefficient (Wildman–Crippen LogP) is 5.21. The molecular weight excluding hydrogens is 382 g/mol. The van der Waals surface area contributed by atoms with Crippen LogP contribution in [0.4, 0.5) is 0 Å². The van der Waals surface area contributed by atoms with Gasteiger partial charge >= 0.3 is 0 Å². The van der Waals surface area contributed by atoms with Gasteiger partial charge in [-0.2, -0.15) is 5.10 Å². The lowest BCUT2D eigenvalue weighted by Gasteiger charge is -2.31. The number of carbonyl (C=O) groups excluding carboxylic acids is 1. The number of rotatable bonds is 9. The number of hydrogen-bond acceptors (Lipinski definition) is 2. The zero-order valence-corrected chi connectivity index (χ0v) is 19.5. The molecule has 4 nitrogen and oxygen atoms in total. The minimum Gasteiger partial charge on any atom is -0.355 e. The molecule has 4 heteroatoms. The van der Waals surface area contributed by atoms with Crippen LogP contribution in [0.2, 0.25) is 0 Å². The van der Waals surface area contributed by atoms with Gasteiger partial charge in [-0.15, -0.1) is 0 Å². The topological polar surface area (TPSA) is 46.9 Å². The van der Waals surface area contributed by atoms with Crippen molar-refractivity contribution >= 4 is 5.91 Å². The molecule has 0 aliphatic heterocycles. The SMILES string of the molecule is Cc1nn(CC(C)C)c(C)c1CCC(=O)NCC(C)(c1ccccc1)c1ccccc1. The molecule has 2 aromatic carbocycles. The number of benzene rings is 2. The van der Waals surface area contributed by atoms with Crippen LogP contribution in [-0.4, -0.2) is 22.2 Å². The standard InChI is InChI=1S/C27H35N3O/c1-20(2)18-30-22(4)25(21(3)29-30)16-17-26(31)28-19-27(5,23-12-8-6-9-13-23)24-14-10-7-11-15-24/h6-15,20H,16-19H2,1-5H3,(H,28,31). The van der Waals surface area contributed by atoms with E-state index in [9.17, 15) is 4.79 Å². The Bertz CT molecular complexity index is 951. The van der Waals surface area contributed by atoms with Gasteiger partial charge in [0.1, 0.15) is 0 Å². The van der Waals surface area contributed by atoms with Gasteiger partial charge in [-0.25, -0.2) is 0 Å². The molecule has 3 aromatic rings. The Labute approximate surface area is 186 Å². The molecule has 1 N–H and O–H groups in total. The van der Waals surface area contributed by atoms with E-state index >= 15 is 0 Å². The van der Waals surface area contributed by atoms with Crippen molar-refractivity contribution in [1.29, 1.82) is 0 Å². The van der Waals surface area contributed by atoms with Crippen molar-refractivity contribution in [3.05, 3.63) is 88.7 Å². The van der Waals surface area contributed by atoms with Gasteiger partial charge in [-0.3, -0.25) is 9.48 Å². The first kappa shape index (κ1) is 22.8. The van der Waals surface area contributed by atoms with Crippen LogP contribution in [0.25, 0.3) is 0 Å². The second-order valence-electron chi connectivity index (χ2n) is 9.07. The Morgan fingerprint density at radius 3 is 2.06 bits per heavy atom. The predicted molar refractivity (Wildman–Crippen MR) is 127 cm³/mol. The number of amides is 1. The second-order valence-corrected chi connectivity index (χ2v) is 9.07. The summed E-state index contributed by atoms with van der Waals surface area (Å²) >= 11 is 0. The fraction of sp³-hybridized carbons (Fsp3) is 0.407. The van der Waals surface area contributed by atoms with Crippen LogP contribution in [0, 0.1) is 19.8 Å². The maximum absolute atomic E-state index is 12.8. The van der Waals surface area contributed by atoms with Crippen LogP contribution < -0.4 is 5.32 Å². The molecule has 0 radical (unpaired) electrons. The number of hydrogen-bond donors (Lipinski definition) is 1. The Kier molecular flexibility index (Phi) is 7.32. The highest BCUT2D eigenvalue weighted by atomic mass is 16.1. The van der Waals surface area contributed by atoms with E-state index in [0.717, 1.165) is 18.7 Å².